The standard InChI is InChI=1S/C12H12F3O2.Li/c13-12(14,15)9-5-1-2-6-10(9)17-11-7-3-4-8-16-11;/h2,5-6,11H,3-4,7-8H2;/q-1;+1. The molecule has 0 amide bonds. The first-order valence-corrected chi connectivity index (χ1v) is 5.43. The Balaban J connectivity index is 0.00000162. The summed E-state index contributed by atoms with van der Waals surface area (Å²) in [6.07, 6.45) is -2.55. The number of alkyl halides is 3. The van der Waals surface area contributed by atoms with Crippen LogP contribution in [0.3, 0.4) is 0 Å². The van der Waals surface area contributed by atoms with E-state index in [1.165, 1.54) is 12.1 Å². The Hall–Kier alpha value is -0.633. The minimum absolute atomic E-state index is 0. The predicted octanol–water partition coefficient (Wildman–Crippen LogP) is 0.415. The SMILES string of the molecule is FC(F)(F)c1c[c-]ccc1OC1CCCCO1.[Li+]. The van der Waals surface area contributed by atoms with Crippen molar-refractivity contribution in [3.05, 3.63) is 29.8 Å². The molecule has 1 saturated heterocycles. The fourth-order valence-electron chi connectivity index (χ4n) is 1.69. The van der Waals surface area contributed by atoms with Gasteiger partial charge in [0.1, 0.15) is 0 Å². The van der Waals surface area contributed by atoms with Gasteiger partial charge in [-0.15, -0.1) is 6.07 Å². The molecule has 1 aromatic carbocycles. The van der Waals surface area contributed by atoms with Gasteiger partial charge in [-0.1, -0.05) is 0 Å². The van der Waals surface area contributed by atoms with Gasteiger partial charge >= 0.3 is 25.0 Å². The van der Waals surface area contributed by atoms with Gasteiger partial charge in [0.2, 0.25) is 0 Å². The second-order valence-electron chi connectivity index (χ2n) is 3.83. The number of halogens is 3. The third-order valence-corrected chi connectivity index (χ3v) is 2.53. The molecule has 6 heteroatoms. The Kier molecular flexibility index (Phi) is 5.58. The molecule has 1 atom stereocenters. The van der Waals surface area contributed by atoms with E-state index in [2.05, 4.69) is 6.07 Å². The van der Waals surface area contributed by atoms with Crippen LogP contribution >= 0.6 is 0 Å². The molecule has 0 aliphatic carbocycles. The molecule has 1 aliphatic rings. The Morgan fingerprint density at radius 3 is 2.72 bits per heavy atom. The van der Waals surface area contributed by atoms with E-state index in [9.17, 15) is 13.2 Å². The number of hydrogen-bond donors (Lipinski definition) is 0. The van der Waals surface area contributed by atoms with Gasteiger partial charge in [-0.3, -0.25) is 0 Å². The molecular weight excluding hydrogens is 240 g/mol. The summed E-state index contributed by atoms with van der Waals surface area (Å²) in [5, 5.41) is 0. The van der Waals surface area contributed by atoms with Gasteiger partial charge in [0.15, 0.2) is 6.29 Å². The van der Waals surface area contributed by atoms with Crippen molar-refractivity contribution < 1.29 is 41.5 Å². The van der Waals surface area contributed by atoms with Crippen LogP contribution in [0.4, 0.5) is 13.2 Å². The summed E-state index contributed by atoms with van der Waals surface area (Å²) in [6, 6.07) is 5.95. The summed E-state index contributed by atoms with van der Waals surface area (Å²) in [6.45, 7) is 0.533. The number of benzene rings is 1. The van der Waals surface area contributed by atoms with Crippen molar-refractivity contribution in [2.45, 2.75) is 31.7 Å². The van der Waals surface area contributed by atoms with Gasteiger partial charge < -0.3 is 9.47 Å². The molecule has 0 aromatic heterocycles. The van der Waals surface area contributed by atoms with Gasteiger partial charge in [0, 0.05) is 12.2 Å². The summed E-state index contributed by atoms with van der Waals surface area (Å²) in [5.41, 5.74) is -0.811. The molecule has 0 bridgehead atoms. The molecule has 1 heterocycles. The first-order chi connectivity index (χ1) is 8.07. The van der Waals surface area contributed by atoms with Gasteiger partial charge in [-0.25, -0.2) is 0 Å². The van der Waals surface area contributed by atoms with E-state index < -0.39 is 18.0 Å². The molecule has 0 N–H and O–H groups in total. The largest absolute Gasteiger partial charge is 1.00 e. The number of ether oxygens (including phenoxy) is 2. The third kappa shape index (κ3) is 3.94. The quantitative estimate of drug-likeness (QED) is 0.561. The van der Waals surface area contributed by atoms with E-state index in [0.29, 0.717) is 13.0 Å². The smallest absolute Gasteiger partial charge is 0.490 e. The average molecular weight is 252 g/mol. The second-order valence-corrected chi connectivity index (χ2v) is 3.83. The summed E-state index contributed by atoms with van der Waals surface area (Å²) < 4.78 is 48.5. The summed E-state index contributed by atoms with van der Waals surface area (Å²) in [4.78, 5) is 0. The molecule has 2 rings (SSSR count). The zero-order chi connectivity index (χ0) is 12.3. The Morgan fingerprint density at radius 2 is 2.11 bits per heavy atom. The van der Waals surface area contributed by atoms with Crippen LogP contribution in [0, 0.1) is 6.07 Å². The zero-order valence-electron chi connectivity index (χ0n) is 10.1. The average Bonchev–Trinajstić information content (AvgIpc) is 2.30. The minimum Gasteiger partial charge on any atom is -0.490 e. The fraction of sp³-hybridized carbons (Fsp3) is 0.500. The van der Waals surface area contributed by atoms with Crippen LogP contribution in [0.5, 0.6) is 5.75 Å². The van der Waals surface area contributed by atoms with E-state index in [1.54, 1.807) is 0 Å². The van der Waals surface area contributed by atoms with Crippen molar-refractivity contribution >= 4 is 0 Å². The molecule has 0 spiro atoms. The van der Waals surface area contributed by atoms with E-state index in [-0.39, 0.29) is 24.6 Å². The molecule has 18 heavy (non-hydrogen) atoms. The van der Waals surface area contributed by atoms with Crippen molar-refractivity contribution in [3.8, 4) is 5.75 Å². The van der Waals surface area contributed by atoms with E-state index in [0.717, 1.165) is 18.9 Å². The van der Waals surface area contributed by atoms with E-state index in [1.807, 2.05) is 0 Å². The molecule has 0 saturated carbocycles. The van der Waals surface area contributed by atoms with Crippen molar-refractivity contribution in [1.29, 1.82) is 0 Å². The molecule has 1 aliphatic heterocycles. The van der Waals surface area contributed by atoms with Gasteiger partial charge in [0.05, 0.1) is 6.61 Å². The van der Waals surface area contributed by atoms with Crippen molar-refractivity contribution in [1.82, 2.24) is 0 Å². The summed E-state index contributed by atoms with van der Waals surface area (Å²) in [7, 11) is 0. The van der Waals surface area contributed by atoms with Crippen LogP contribution in [0.25, 0.3) is 0 Å². The van der Waals surface area contributed by atoms with Crippen LogP contribution in [0.1, 0.15) is 24.8 Å². The third-order valence-electron chi connectivity index (χ3n) is 2.53. The normalized spacial score (nSPS) is 20.1. The van der Waals surface area contributed by atoms with E-state index in [4.69, 9.17) is 9.47 Å². The Bertz CT molecular complexity index is 376. The van der Waals surface area contributed by atoms with Crippen LogP contribution in [-0.2, 0) is 10.9 Å². The van der Waals surface area contributed by atoms with Gasteiger partial charge in [-0.2, -0.15) is 31.4 Å². The van der Waals surface area contributed by atoms with Gasteiger partial charge in [0.25, 0.3) is 0 Å². The maximum absolute atomic E-state index is 12.7. The molecule has 2 nitrogen and oxygen atoms in total. The van der Waals surface area contributed by atoms with Crippen LogP contribution in [-0.4, -0.2) is 12.9 Å². The first kappa shape index (κ1) is 15.4. The fourth-order valence-corrected chi connectivity index (χ4v) is 1.69. The van der Waals surface area contributed by atoms with Crippen molar-refractivity contribution in [2.75, 3.05) is 6.61 Å². The summed E-state index contributed by atoms with van der Waals surface area (Å²) in [5.74, 6) is -0.192. The molecular formula is C12H12F3LiO2. The molecule has 1 unspecified atom stereocenters. The molecule has 1 aromatic rings. The van der Waals surface area contributed by atoms with Crippen molar-refractivity contribution in [3.63, 3.8) is 0 Å². The monoisotopic (exact) mass is 252 g/mol. The predicted molar refractivity (Wildman–Crippen MR) is 54.5 cm³/mol. The Morgan fingerprint density at radius 1 is 1.33 bits per heavy atom. The molecule has 0 radical (unpaired) electrons. The number of hydrogen-bond acceptors (Lipinski definition) is 2. The topological polar surface area (TPSA) is 18.5 Å². The minimum atomic E-state index is -4.43. The van der Waals surface area contributed by atoms with Crippen molar-refractivity contribution in [2.24, 2.45) is 0 Å². The molecule has 1 fully saturated rings. The first-order valence-electron chi connectivity index (χ1n) is 5.43. The maximum atomic E-state index is 12.7. The van der Waals surface area contributed by atoms with Crippen LogP contribution < -0.4 is 23.6 Å². The Labute approximate surface area is 116 Å². The maximum Gasteiger partial charge on any atom is 1.00 e. The number of rotatable bonds is 2. The molecule has 94 valence electrons. The van der Waals surface area contributed by atoms with E-state index >= 15 is 0 Å². The zero-order valence-corrected chi connectivity index (χ0v) is 10.1. The second kappa shape index (κ2) is 6.51. The van der Waals surface area contributed by atoms with Crippen LogP contribution in [0.2, 0.25) is 0 Å². The summed E-state index contributed by atoms with van der Waals surface area (Å²) >= 11 is 0. The van der Waals surface area contributed by atoms with Crippen LogP contribution in [0.15, 0.2) is 18.2 Å². The van der Waals surface area contributed by atoms with Gasteiger partial charge in [-0.05, 0) is 18.4 Å².